The Balaban J connectivity index is 2.01. The zero-order valence-corrected chi connectivity index (χ0v) is 8.55. The molecule has 0 aromatic rings. The van der Waals surface area contributed by atoms with Gasteiger partial charge in [0.2, 0.25) is 0 Å². The van der Waals surface area contributed by atoms with Crippen molar-refractivity contribution in [3.63, 3.8) is 0 Å². The van der Waals surface area contributed by atoms with Gasteiger partial charge in [-0.2, -0.15) is 0 Å². The first-order chi connectivity index (χ1) is 6.27. The van der Waals surface area contributed by atoms with Gasteiger partial charge >= 0.3 is 0 Å². The molecule has 0 heterocycles. The van der Waals surface area contributed by atoms with Gasteiger partial charge in [-0.25, -0.2) is 0 Å². The van der Waals surface area contributed by atoms with E-state index in [4.69, 9.17) is 0 Å². The van der Waals surface area contributed by atoms with Crippen LogP contribution in [0.3, 0.4) is 0 Å². The summed E-state index contributed by atoms with van der Waals surface area (Å²) in [6.07, 6.45) is 12.0. The second-order valence-corrected chi connectivity index (χ2v) is 3.97. The Hall–Kier alpha value is -0.520. The van der Waals surface area contributed by atoms with Crippen LogP contribution >= 0.6 is 0 Å². The van der Waals surface area contributed by atoms with Gasteiger partial charge in [0.25, 0.3) is 0 Å². The lowest BCUT2D eigenvalue weighted by atomic mass is 10.1. The molecule has 74 valence electrons. The van der Waals surface area contributed by atoms with Crippen LogP contribution in [0.2, 0.25) is 0 Å². The van der Waals surface area contributed by atoms with Crippen molar-refractivity contribution in [1.29, 1.82) is 0 Å². The highest BCUT2D eigenvalue weighted by molar-refractivity contribution is 5.10. The van der Waals surface area contributed by atoms with Crippen LogP contribution in [0.5, 0.6) is 0 Å². The predicted molar refractivity (Wildman–Crippen MR) is 55.6 cm³/mol. The first kappa shape index (κ1) is 10.6. The number of rotatable bonds is 6. The van der Waals surface area contributed by atoms with Gasteiger partial charge in [0, 0.05) is 0 Å². The maximum absolute atomic E-state index is 9.43. The fraction of sp³-hybridized carbons (Fsp3) is 0.750. The van der Waals surface area contributed by atoms with Crippen molar-refractivity contribution >= 4 is 0 Å². The van der Waals surface area contributed by atoms with Gasteiger partial charge in [0.1, 0.15) is 0 Å². The third-order valence-corrected chi connectivity index (χ3v) is 2.43. The quantitative estimate of drug-likeness (QED) is 0.491. The Kier molecular flexibility index (Phi) is 4.27. The summed E-state index contributed by atoms with van der Waals surface area (Å²) in [5, 5.41) is 9.43. The molecule has 1 aliphatic carbocycles. The van der Waals surface area contributed by atoms with Crippen molar-refractivity contribution in [3.05, 3.63) is 17.9 Å². The predicted octanol–water partition coefficient (Wildman–Crippen LogP) is 3.19. The van der Waals surface area contributed by atoms with Gasteiger partial charge in [-0.1, -0.05) is 26.2 Å². The van der Waals surface area contributed by atoms with E-state index >= 15 is 0 Å². The fourth-order valence-corrected chi connectivity index (χ4v) is 1.24. The van der Waals surface area contributed by atoms with E-state index in [1.807, 2.05) is 12.2 Å². The molecule has 1 saturated carbocycles. The topological polar surface area (TPSA) is 20.2 Å². The third-order valence-electron chi connectivity index (χ3n) is 2.43. The number of hydrogen-bond acceptors (Lipinski definition) is 1. The Labute approximate surface area is 81.2 Å². The lowest BCUT2D eigenvalue weighted by Gasteiger charge is -1.94. The molecule has 0 unspecified atom stereocenters. The summed E-state index contributed by atoms with van der Waals surface area (Å²) in [5.41, 5.74) is 2.59. The Morgan fingerprint density at radius 2 is 2.08 bits per heavy atom. The zero-order chi connectivity index (χ0) is 9.57. The molecule has 1 rings (SSSR count). The summed E-state index contributed by atoms with van der Waals surface area (Å²) in [7, 11) is 0. The SMILES string of the molecule is CCCCCCC=C=CC1(O)CC1. The molecule has 0 bridgehead atoms. The van der Waals surface area contributed by atoms with Crippen LogP contribution in [0.4, 0.5) is 0 Å². The lowest BCUT2D eigenvalue weighted by Crippen LogP contribution is -1.98. The van der Waals surface area contributed by atoms with Gasteiger partial charge < -0.3 is 5.11 Å². The van der Waals surface area contributed by atoms with Gasteiger partial charge in [-0.15, -0.1) is 5.73 Å². The summed E-state index contributed by atoms with van der Waals surface area (Å²) < 4.78 is 0. The van der Waals surface area contributed by atoms with Gasteiger partial charge in [-0.05, 0) is 37.8 Å². The summed E-state index contributed by atoms with van der Waals surface area (Å²) in [5.74, 6) is 0. The van der Waals surface area contributed by atoms with Crippen molar-refractivity contribution in [2.24, 2.45) is 0 Å². The van der Waals surface area contributed by atoms with Crippen molar-refractivity contribution in [2.75, 3.05) is 0 Å². The smallest absolute Gasteiger partial charge is 0.0903 e. The Bertz CT molecular complexity index is 195. The molecule has 1 heteroatoms. The number of aliphatic hydroxyl groups is 1. The molecule has 0 radical (unpaired) electrons. The van der Waals surface area contributed by atoms with E-state index in [2.05, 4.69) is 12.7 Å². The average molecular weight is 180 g/mol. The van der Waals surface area contributed by atoms with E-state index < -0.39 is 5.60 Å². The molecular weight excluding hydrogens is 160 g/mol. The molecule has 0 amide bonds. The minimum absolute atomic E-state index is 0.472. The lowest BCUT2D eigenvalue weighted by molar-refractivity contribution is 0.202. The van der Waals surface area contributed by atoms with E-state index in [0.29, 0.717) is 0 Å². The Morgan fingerprint density at radius 3 is 2.69 bits per heavy atom. The summed E-state index contributed by atoms with van der Waals surface area (Å²) in [6, 6.07) is 0. The maximum Gasteiger partial charge on any atom is 0.0903 e. The van der Waals surface area contributed by atoms with Gasteiger partial charge in [0.15, 0.2) is 0 Å². The molecule has 0 aromatic carbocycles. The van der Waals surface area contributed by atoms with E-state index in [1.54, 1.807) is 0 Å². The van der Waals surface area contributed by atoms with Crippen LogP contribution in [0.25, 0.3) is 0 Å². The van der Waals surface area contributed by atoms with Crippen LogP contribution in [-0.4, -0.2) is 10.7 Å². The summed E-state index contributed by atoms with van der Waals surface area (Å²) in [6.45, 7) is 2.22. The molecule has 1 fully saturated rings. The molecule has 0 aliphatic heterocycles. The maximum atomic E-state index is 9.43. The van der Waals surface area contributed by atoms with Crippen molar-refractivity contribution in [2.45, 2.75) is 57.5 Å². The second kappa shape index (κ2) is 5.26. The highest BCUT2D eigenvalue weighted by Crippen LogP contribution is 2.35. The van der Waals surface area contributed by atoms with Crippen LogP contribution < -0.4 is 0 Å². The highest BCUT2D eigenvalue weighted by Gasteiger charge is 2.37. The molecule has 1 aliphatic rings. The molecule has 1 nitrogen and oxygen atoms in total. The van der Waals surface area contributed by atoms with E-state index in [-0.39, 0.29) is 0 Å². The van der Waals surface area contributed by atoms with E-state index in [9.17, 15) is 5.11 Å². The second-order valence-electron chi connectivity index (χ2n) is 3.97. The van der Waals surface area contributed by atoms with Crippen molar-refractivity contribution < 1.29 is 5.11 Å². The third kappa shape index (κ3) is 4.92. The minimum Gasteiger partial charge on any atom is -0.385 e. The summed E-state index contributed by atoms with van der Waals surface area (Å²) in [4.78, 5) is 0. The van der Waals surface area contributed by atoms with Crippen molar-refractivity contribution in [3.8, 4) is 0 Å². The van der Waals surface area contributed by atoms with E-state index in [1.165, 1.54) is 25.7 Å². The Morgan fingerprint density at radius 1 is 1.31 bits per heavy atom. The average Bonchev–Trinajstić information content (AvgIpc) is 2.83. The molecule has 0 atom stereocenters. The molecule has 13 heavy (non-hydrogen) atoms. The monoisotopic (exact) mass is 180 g/mol. The number of unbranched alkanes of at least 4 members (excludes halogenated alkanes) is 4. The van der Waals surface area contributed by atoms with Crippen LogP contribution in [0, 0.1) is 0 Å². The highest BCUT2D eigenvalue weighted by atomic mass is 16.3. The van der Waals surface area contributed by atoms with Crippen molar-refractivity contribution in [1.82, 2.24) is 0 Å². The molecular formula is C12H20O. The first-order valence-electron chi connectivity index (χ1n) is 5.41. The molecule has 0 aromatic heterocycles. The molecule has 0 spiro atoms. The normalized spacial score (nSPS) is 17.7. The van der Waals surface area contributed by atoms with Crippen LogP contribution in [0.15, 0.2) is 17.9 Å². The van der Waals surface area contributed by atoms with E-state index in [0.717, 1.165) is 19.3 Å². The van der Waals surface area contributed by atoms with Crippen LogP contribution in [0.1, 0.15) is 51.9 Å². The van der Waals surface area contributed by atoms with Crippen LogP contribution in [-0.2, 0) is 0 Å². The molecule has 1 N–H and O–H groups in total. The fourth-order valence-electron chi connectivity index (χ4n) is 1.24. The molecule has 0 saturated heterocycles. The van der Waals surface area contributed by atoms with Gasteiger partial charge in [0.05, 0.1) is 5.60 Å². The zero-order valence-electron chi connectivity index (χ0n) is 8.55. The van der Waals surface area contributed by atoms with Gasteiger partial charge in [-0.3, -0.25) is 0 Å². The number of hydrogen-bond donors (Lipinski definition) is 1. The minimum atomic E-state index is -0.472. The summed E-state index contributed by atoms with van der Waals surface area (Å²) >= 11 is 0. The largest absolute Gasteiger partial charge is 0.385 e. The standard InChI is InChI=1S/C12H20O/c1-2-3-4-5-6-7-8-9-12(13)10-11-12/h7,9,13H,2-6,10-11H2,1H3. The first-order valence-corrected chi connectivity index (χ1v) is 5.41.